The van der Waals surface area contributed by atoms with Crippen LogP contribution < -0.4 is 20.5 Å². The van der Waals surface area contributed by atoms with E-state index in [0.717, 1.165) is 32.1 Å². The Bertz CT molecular complexity index is 572. The minimum Gasteiger partial charge on any atom is -0.490 e. The summed E-state index contributed by atoms with van der Waals surface area (Å²) < 4.78 is 11.3. The summed E-state index contributed by atoms with van der Waals surface area (Å²) in [5.74, 6) is 0.815. The number of nitrogens with two attached hydrogens (primary N) is 1. The monoisotopic (exact) mass is 354 g/mol. The highest BCUT2D eigenvalue weighted by Gasteiger charge is 2.34. The van der Waals surface area contributed by atoms with Crippen LogP contribution >= 0.6 is 11.6 Å². The molecule has 3 N–H and O–H groups in total. The Morgan fingerprint density at radius 2 is 2.00 bits per heavy atom. The minimum atomic E-state index is -0.299. The van der Waals surface area contributed by atoms with E-state index in [9.17, 15) is 4.79 Å². The molecule has 134 valence electrons. The Hall–Kier alpha value is -1.46. The van der Waals surface area contributed by atoms with Crippen molar-refractivity contribution in [1.29, 1.82) is 0 Å². The highest BCUT2D eigenvalue weighted by molar-refractivity contribution is 6.32. The highest BCUT2D eigenvalue weighted by Crippen LogP contribution is 2.37. The van der Waals surface area contributed by atoms with Gasteiger partial charge in [-0.05, 0) is 38.3 Å². The summed E-state index contributed by atoms with van der Waals surface area (Å²) in [4.78, 5) is 12.7. The van der Waals surface area contributed by atoms with Crippen LogP contribution in [0.3, 0.4) is 0 Å². The Morgan fingerprint density at radius 3 is 2.58 bits per heavy atom. The number of ether oxygens (including phenoxy) is 2. The van der Waals surface area contributed by atoms with Gasteiger partial charge in [-0.1, -0.05) is 31.4 Å². The first kappa shape index (κ1) is 18.9. The van der Waals surface area contributed by atoms with Crippen LogP contribution in [0.25, 0.3) is 0 Å². The van der Waals surface area contributed by atoms with Gasteiger partial charge in [0.15, 0.2) is 11.5 Å². The molecule has 0 radical (unpaired) electrons. The van der Waals surface area contributed by atoms with E-state index in [0.29, 0.717) is 41.8 Å². The lowest BCUT2D eigenvalue weighted by atomic mass is 9.97. The zero-order valence-electron chi connectivity index (χ0n) is 14.5. The average molecular weight is 355 g/mol. The quantitative estimate of drug-likeness (QED) is 0.749. The van der Waals surface area contributed by atoms with Gasteiger partial charge in [0.25, 0.3) is 5.91 Å². The molecule has 0 atom stereocenters. The smallest absolute Gasteiger partial charge is 0.251 e. The van der Waals surface area contributed by atoms with Crippen LogP contribution in [-0.2, 0) is 0 Å². The van der Waals surface area contributed by atoms with Gasteiger partial charge in [0, 0.05) is 12.1 Å². The van der Waals surface area contributed by atoms with E-state index >= 15 is 0 Å². The molecule has 0 heterocycles. The standard InChI is InChI=1S/C18H27ClN2O3/c1-3-9-24-16-14(19)10-13(11-15(16)23-4-2)17(22)21-18(12-20)7-5-6-8-18/h10-11H,3-9,12,20H2,1-2H3,(H,21,22). The van der Waals surface area contributed by atoms with Gasteiger partial charge in [-0.3, -0.25) is 4.79 Å². The van der Waals surface area contributed by atoms with E-state index in [1.165, 1.54) is 0 Å². The normalized spacial score (nSPS) is 16.0. The number of nitrogens with one attached hydrogen (secondary N) is 1. The number of benzene rings is 1. The molecule has 5 nitrogen and oxygen atoms in total. The molecule has 24 heavy (non-hydrogen) atoms. The first-order valence-electron chi connectivity index (χ1n) is 8.67. The Labute approximate surface area is 148 Å². The SMILES string of the molecule is CCCOc1c(Cl)cc(C(=O)NC2(CN)CCCC2)cc1OCC. The Kier molecular flexibility index (Phi) is 6.75. The summed E-state index contributed by atoms with van der Waals surface area (Å²) in [7, 11) is 0. The van der Waals surface area contributed by atoms with Crippen LogP contribution in [0.2, 0.25) is 5.02 Å². The Balaban J connectivity index is 2.24. The lowest BCUT2D eigenvalue weighted by molar-refractivity contribution is 0.0902. The van der Waals surface area contributed by atoms with Crippen LogP contribution in [-0.4, -0.2) is 31.2 Å². The molecule has 0 saturated heterocycles. The van der Waals surface area contributed by atoms with E-state index < -0.39 is 0 Å². The predicted octanol–water partition coefficient (Wildman–Crippen LogP) is 3.53. The van der Waals surface area contributed by atoms with Crippen molar-refractivity contribution >= 4 is 17.5 Å². The molecule has 0 spiro atoms. The highest BCUT2D eigenvalue weighted by atomic mass is 35.5. The maximum absolute atomic E-state index is 12.7. The molecule has 2 rings (SSSR count). The zero-order chi connectivity index (χ0) is 17.6. The van der Waals surface area contributed by atoms with Crippen molar-refractivity contribution < 1.29 is 14.3 Å². The molecule has 0 aromatic heterocycles. The average Bonchev–Trinajstić information content (AvgIpc) is 3.03. The van der Waals surface area contributed by atoms with E-state index in [1.807, 2.05) is 13.8 Å². The van der Waals surface area contributed by atoms with Crippen molar-refractivity contribution in [1.82, 2.24) is 5.32 Å². The molecule has 0 aliphatic heterocycles. The van der Waals surface area contributed by atoms with Crippen molar-refractivity contribution in [3.8, 4) is 11.5 Å². The van der Waals surface area contributed by atoms with Crippen LogP contribution in [0.4, 0.5) is 0 Å². The van der Waals surface area contributed by atoms with Crippen molar-refractivity contribution in [2.45, 2.75) is 51.5 Å². The van der Waals surface area contributed by atoms with Crippen molar-refractivity contribution in [2.75, 3.05) is 19.8 Å². The van der Waals surface area contributed by atoms with E-state index in [-0.39, 0.29) is 11.4 Å². The van der Waals surface area contributed by atoms with Gasteiger partial charge in [0.2, 0.25) is 0 Å². The first-order valence-corrected chi connectivity index (χ1v) is 9.04. The van der Waals surface area contributed by atoms with Gasteiger partial charge in [-0.15, -0.1) is 0 Å². The number of amides is 1. The molecule has 0 bridgehead atoms. The summed E-state index contributed by atoms with van der Waals surface area (Å²) in [5, 5.41) is 3.48. The molecule has 1 aromatic rings. The molecular formula is C18H27ClN2O3. The molecule has 1 aromatic carbocycles. The maximum atomic E-state index is 12.7. The maximum Gasteiger partial charge on any atom is 0.251 e. The fourth-order valence-electron chi connectivity index (χ4n) is 3.05. The molecule has 1 saturated carbocycles. The number of hydrogen-bond acceptors (Lipinski definition) is 4. The van der Waals surface area contributed by atoms with E-state index in [2.05, 4.69) is 5.32 Å². The minimum absolute atomic E-state index is 0.174. The molecule has 1 fully saturated rings. The second-order valence-corrected chi connectivity index (χ2v) is 6.62. The summed E-state index contributed by atoms with van der Waals surface area (Å²) in [6, 6.07) is 3.32. The first-order chi connectivity index (χ1) is 11.5. The lowest BCUT2D eigenvalue weighted by Crippen LogP contribution is -2.51. The fraction of sp³-hybridized carbons (Fsp3) is 0.611. The fourth-order valence-corrected chi connectivity index (χ4v) is 3.32. The largest absolute Gasteiger partial charge is 0.490 e. The van der Waals surface area contributed by atoms with Gasteiger partial charge in [0.05, 0.1) is 23.8 Å². The van der Waals surface area contributed by atoms with Gasteiger partial charge < -0.3 is 20.5 Å². The van der Waals surface area contributed by atoms with Crippen LogP contribution in [0, 0.1) is 0 Å². The van der Waals surface area contributed by atoms with Gasteiger partial charge in [-0.2, -0.15) is 0 Å². The Morgan fingerprint density at radius 1 is 1.29 bits per heavy atom. The molecule has 1 amide bonds. The second kappa shape index (κ2) is 8.58. The third-order valence-corrected chi connectivity index (χ3v) is 4.63. The van der Waals surface area contributed by atoms with Gasteiger partial charge in [0.1, 0.15) is 0 Å². The van der Waals surface area contributed by atoms with Crippen molar-refractivity contribution in [2.24, 2.45) is 5.73 Å². The third kappa shape index (κ3) is 4.33. The van der Waals surface area contributed by atoms with Crippen molar-refractivity contribution in [3.63, 3.8) is 0 Å². The topological polar surface area (TPSA) is 73.6 Å². The third-order valence-electron chi connectivity index (χ3n) is 4.35. The summed E-state index contributed by atoms with van der Waals surface area (Å²) >= 11 is 6.33. The molecule has 1 aliphatic carbocycles. The molecule has 1 aliphatic rings. The number of carbonyl (C=O) groups is 1. The molecule has 6 heteroatoms. The number of carbonyl (C=O) groups excluding carboxylic acids is 1. The van der Waals surface area contributed by atoms with Crippen molar-refractivity contribution in [3.05, 3.63) is 22.7 Å². The summed E-state index contributed by atoms with van der Waals surface area (Å²) in [6.45, 7) is 5.36. The summed E-state index contributed by atoms with van der Waals surface area (Å²) in [6.07, 6.45) is 4.87. The zero-order valence-corrected chi connectivity index (χ0v) is 15.2. The lowest BCUT2D eigenvalue weighted by Gasteiger charge is -2.29. The number of rotatable bonds is 8. The second-order valence-electron chi connectivity index (χ2n) is 6.21. The molecular weight excluding hydrogens is 328 g/mol. The van der Waals surface area contributed by atoms with Gasteiger partial charge >= 0.3 is 0 Å². The number of halogens is 1. The summed E-state index contributed by atoms with van der Waals surface area (Å²) in [5.41, 5.74) is 6.06. The van der Waals surface area contributed by atoms with E-state index in [4.69, 9.17) is 26.8 Å². The van der Waals surface area contributed by atoms with Gasteiger partial charge in [-0.25, -0.2) is 0 Å². The van der Waals surface area contributed by atoms with Crippen LogP contribution in [0.1, 0.15) is 56.3 Å². The van der Waals surface area contributed by atoms with E-state index in [1.54, 1.807) is 12.1 Å². The number of hydrogen-bond donors (Lipinski definition) is 2. The molecule has 0 unspecified atom stereocenters. The van der Waals surface area contributed by atoms with Crippen LogP contribution in [0.5, 0.6) is 11.5 Å². The van der Waals surface area contributed by atoms with Crippen LogP contribution in [0.15, 0.2) is 12.1 Å². The predicted molar refractivity (Wildman–Crippen MR) is 96.1 cm³/mol.